The Bertz CT molecular complexity index is 887. The number of aryl methyl sites for hydroxylation is 1. The fourth-order valence-corrected chi connectivity index (χ4v) is 3.10. The molecule has 3 aromatic rings. The Morgan fingerprint density at radius 1 is 0.733 bits per heavy atom. The van der Waals surface area contributed by atoms with E-state index in [2.05, 4.69) is 10.6 Å². The summed E-state index contributed by atoms with van der Waals surface area (Å²) in [5.41, 5.74) is 3.28. The normalized spacial score (nSPS) is 10.0. The van der Waals surface area contributed by atoms with E-state index in [9.17, 15) is 9.59 Å². The number of nitrogens with one attached hydrogen (secondary N) is 2. The molecule has 0 spiro atoms. The van der Waals surface area contributed by atoms with Crippen molar-refractivity contribution in [1.82, 2.24) is 10.6 Å². The van der Waals surface area contributed by atoms with Crippen molar-refractivity contribution in [2.75, 3.05) is 13.1 Å². The molecule has 0 bridgehead atoms. The minimum Gasteiger partial charge on any atom is -1.00 e. The van der Waals surface area contributed by atoms with Crippen molar-refractivity contribution in [1.29, 1.82) is 0 Å². The molecule has 0 radical (unpaired) electrons. The van der Waals surface area contributed by atoms with Crippen LogP contribution < -0.4 is 39.2 Å². The number of rotatable bonds is 8. The van der Waals surface area contributed by atoms with Gasteiger partial charge < -0.3 is 34.6 Å². The van der Waals surface area contributed by atoms with Gasteiger partial charge in [0.05, 0.1) is 0 Å². The molecule has 2 aromatic carbocycles. The van der Waals surface area contributed by atoms with Gasteiger partial charge in [0.25, 0.3) is 11.8 Å². The molecule has 0 aliphatic heterocycles. The highest BCUT2D eigenvalue weighted by Gasteiger charge is 2.16. The van der Waals surface area contributed by atoms with Gasteiger partial charge in [-0.15, -0.1) is 0 Å². The number of amides is 2. The summed E-state index contributed by atoms with van der Waals surface area (Å²) >= 11 is 0. The molecule has 2 N–H and O–H groups in total. The zero-order chi connectivity index (χ0) is 20.5. The SMILES string of the molecule is C[n+]1cc(C(=O)NCCc2ccccc2)cc(C(=O)NCCc2ccccc2)c1.[I-]. The first kappa shape index (κ1) is 23.5. The molecule has 6 heteroatoms. The third kappa shape index (κ3) is 7.26. The molecular weight excluding hydrogens is 489 g/mol. The van der Waals surface area contributed by atoms with Crippen LogP contribution in [0.4, 0.5) is 0 Å². The van der Waals surface area contributed by atoms with Gasteiger partial charge in [0, 0.05) is 13.1 Å². The summed E-state index contributed by atoms with van der Waals surface area (Å²) < 4.78 is 1.73. The quantitative estimate of drug-likeness (QED) is 0.313. The monoisotopic (exact) mass is 515 g/mol. The molecule has 0 saturated carbocycles. The van der Waals surface area contributed by atoms with Crippen molar-refractivity contribution in [3.05, 3.63) is 101 Å². The maximum atomic E-state index is 12.5. The predicted molar refractivity (Wildman–Crippen MR) is 113 cm³/mol. The second-order valence-electron chi connectivity index (χ2n) is 6.96. The lowest BCUT2D eigenvalue weighted by atomic mass is 10.1. The summed E-state index contributed by atoms with van der Waals surface area (Å²) in [6.45, 7) is 1.08. The van der Waals surface area contributed by atoms with Crippen LogP contribution in [0.3, 0.4) is 0 Å². The lowest BCUT2D eigenvalue weighted by Gasteiger charge is -2.07. The number of pyridine rings is 1. The van der Waals surface area contributed by atoms with Crippen molar-refractivity contribution >= 4 is 11.8 Å². The number of hydrogen-bond donors (Lipinski definition) is 2. The highest BCUT2D eigenvalue weighted by atomic mass is 127. The first-order valence-corrected chi connectivity index (χ1v) is 9.76. The Labute approximate surface area is 194 Å². The van der Waals surface area contributed by atoms with Crippen LogP contribution in [0.1, 0.15) is 31.8 Å². The summed E-state index contributed by atoms with van der Waals surface area (Å²) in [6.07, 6.45) is 4.97. The van der Waals surface area contributed by atoms with Gasteiger partial charge in [-0.1, -0.05) is 60.7 Å². The Kier molecular flexibility index (Phi) is 9.47. The Balaban J connectivity index is 0.00000320. The van der Waals surface area contributed by atoms with Crippen molar-refractivity contribution in [3.63, 3.8) is 0 Å². The minimum absolute atomic E-state index is 0. The van der Waals surface area contributed by atoms with Crippen LogP contribution in [-0.2, 0) is 19.9 Å². The summed E-state index contributed by atoms with van der Waals surface area (Å²) in [7, 11) is 1.81. The highest BCUT2D eigenvalue weighted by molar-refractivity contribution is 5.98. The average molecular weight is 515 g/mol. The molecule has 156 valence electrons. The molecule has 5 nitrogen and oxygen atoms in total. The first-order chi connectivity index (χ1) is 14.1. The molecule has 0 saturated heterocycles. The molecule has 0 atom stereocenters. The van der Waals surface area contributed by atoms with Crippen molar-refractivity contribution in [2.45, 2.75) is 12.8 Å². The van der Waals surface area contributed by atoms with Gasteiger partial charge in [-0.3, -0.25) is 9.59 Å². The van der Waals surface area contributed by atoms with E-state index >= 15 is 0 Å². The van der Waals surface area contributed by atoms with E-state index in [1.54, 1.807) is 23.0 Å². The number of nitrogens with zero attached hydrogens (tertiary/aromatic N) is 1. The second kappa shape index (κ2) is 12.1. The van der Waals surface area contributed by atoms with E-state index in [0.717, 1.165) is 12.8 Å². The molecule has 0 aliphatic carbocycles. The van der Waals surface area contributed by atoms with Crippen molar-refractivity contribution in [2.24, 2.45) is 7.05 Å². The zero-order valence-electron chi connectivity index (χ0n) is 17.0. The molecule has 1 aromatic heterocycles. The van der Waals surface area contributed by atoms with E-state index in [-0.39, 0.29) is 35.8 Å². The Morgan fingerprint density at radius 3 is 1.53 bits per heavy atom. The molecule has 1 heterocycles. The fourth-order valence-electron chi connectivity index (χ4n) is 3.10. The maximum Gasteiger partial charge on any atom is 0.257 e. The number of carbonyl (C=O) groups excluding carboxylic acids is 2. The number of benzene rings is 2. The topological polar surface area (TPSA) is 62.1 Å². The van der Waals surface area contributed by atoms with E-state index in [0.29, 0.717) is 24.2 Å². The fraction of sp³-hybridized carbons (Fsp3) is 0.208. The van der Waals surface area contributed by atoms with Crippen LogP contribution in [0, 0.1) is 0 Å². The van der Waals surface area contributed by atoms with Gasteiger partial charge >= 0.3 is 0 Å². The summed E-state index contributed by atoms with van der Waals surface area (Å²) in [6, 6.07) is 21.6. The number of aromatic nitrogens is 1. The van der Waals surface area contributed by atoms with Crippen LogP contribution in [0.2, 0.25) is 0 Å². The van der Waals surface area contributed by atoms with E-state index in [1.807, 2.05) is 67.7 Å². The molecule has 0 fully saturated rings. The number of halogens is 1. The molecule has 0 aliphatic rings. The Hall–Kier alpha value is -2.74. The van der Waals surface area contributed by atoms with E-state index < -0.39 is 0 Å². The van der Waals surface area contributed by atoms with Crippen LogP contribution in [0.15, 0.2) is 79.1 Å². The van der Waals surface area contributed by atoms with Gasteiger partial charge in [0.1, 0.15) is 18.2 Å². The summed E-state index contributed by atoms with van der Waals surface area (Å²) in [5, 5.41) is 5.84. The minimum atomic E-state index is -0.185. The Morgan fingerprint density at radius 2 is 1.13 bits per heavy atom. The molecule has 0 unspecified atom stereocenters. The van der Waals surface area contributed by atoms with Gasteiger partial charge in [-0.05, 0) is 30.0 Å². The number of carbonyl (C=O) groups is 2. The van der Waals surface area contributed by atoms with Gasteiger partial charge in [-0.2, -0.15) is 0 Å². The summed E-state index contributed by atoms with van der Waals surface area (Å²) in [4.78, 5) is 25.0. The van der Waals surface area contributed by atoms with E-state index in [4.69, 9.17) is 0 Å². The maximum absolute atomic E-state index is 12.5. The van der Waals surface area contributed by atoms with Gasteiger partial charge in [-0.25, -0.2) is 4.57 Å². The lowest BCUT2D eigenvalue weighted by Crippen LogP contribution is -3.00. The zero-order valence-corrected chi connectivity index (χ0v) is 19.1. The van der Waals surface area contributed by atoms with Gasteiger partial charge in [0.2, 0.25) is 0 Å². The second-order valence-corrected chi connectivity index (χ2v) is 6.96. The largest absolute Gasteiger partial charge is 1.00 e. The molecular formula is C24H26IN3O2. The average Bonchev–Trinajstić information content (AvgIpc) is 2.74. The van der Waals surface area contributed by atoms with Crippen LogP contribution in [0.25, 0.3) is 0 Å². The smallest absolute Gasteiger partial charge is 0.257 e. The molecule has 30 heavy (non-hydrogen) atoms. The number of hydrogen-bond acceptors (Lipinski definition) is 2. The van der Waals surface area contributed by atoms with E-state index in [1.165, 1.54) is 11.1 Å². The molecule has 2 amide bonds. The standard InChI is InChI=1S/C24H25N3O2.HI/c1-27-17-21(23(28)25-14-12-19-8-4-2-5-9-19)16-22(18-27)24(29)26-15-13-20-10-6-3-7-11-20;/h2-11,16-18H,12-15H2,1H3,(H-,25,26,28,29);1H. The van der Waals surface area contributed by atoms with Crippen LogP contribution in [0.5, 0.6) is 0 Å². The molecule has 3 rings (SSSR count). The predicted octanol–water partition coefficient (Wildman–Crippen LogP) is -0.540. The van der Waals surface area contributed by atoms with Crippen molar-refractivity contribution < 1.29 is 38.1 Å². The van der Waals surface area contributed by atoms with Gasteiger partial charge in [0.15, 0.2) is 12.4 Å². The van der Waals surface area contributed by atoms with Crippen LogP contribution >= 0.6 is 0 Å². The van der Waals surface area contributed by atoms with Crippen LogP contribution in [-0.4, -0.2) is 24.9 Å². The third-order valence-electron chi connectivity index (χ3n) is 4.60. The summed E-state index contributed by atoms with van der Waals surface area (Å²) in [5.74, 6) is -0.370. The first-order valence-electron chi connectivity index (χ1n) is 9.76. The lowest BCUT2D eigenvalue weighted by molar-refractivity contribution is -0.671. The highest BCUT2D eigenvalue weighted by Crippen LogP contribution is 2.04. The van der Waals surface area contributed by atoms with Crippen molar-refractivity contribution in [3.8, 4) is 0 Å². The third-order valence-corrected chi connectivity index (χ3v) is 4.60.